The molecule has 0 aromatic heterocycles. The van der Waals surface area contributed by atoms with Gasteiger partial charge < -0.3 is 11.1 Å². The van der Waals surface area contributed by atoms with Crippen molar-refractivity contribution in [2.24, 2.45) is 23.5 Å². The Hall–Kier alpha value is -0.0800. The summed E-state index contributed by atoms with van der Waals surface area (Å²) in [5, 5.41) is 3.72. The minimum Gasteiger partial charge on any atom is -0.329 e. The summed E-state index contributed by atoms with van der Waals surface area (Å²) >= 11 is 0. The molecule has 16 heavy (non-hydrogen) atoms. The fourth-order valence-corrected chi connectivity index (χ4v) is 2.82. The van der Waals surface area contributed by atoms with E-state index in [0.717, 1.165) is 24.3 Å². The molecule has 0 saturated heterocycles. The van der Waals surface area contributed by atoms with Crippen LogP contribution in [0.25, 0.3) is 0 Å². The molecule has 0 aliphatic heterocycles. The lowest BCUT2D eigenvalue weighted by atomic mass is 9.97. The second-order valence-electron chi connectivity index (χ2n) is 5.82. The average Bonchev–Trinajstić information content (AvgIpc) is 3.16. The predicted molar refractivity (Wildman–Crippen MR) is 69.3 cm³/mol. The highest BCUT2D eigenvalue weighted by Gasteiger charge is 2.41. The lowest BCUT2D eigenvalue weighted by Gasteiger charge is -2.22. The highest BCUT2D eigenvalue weighted by atomic mass is 14.9. The van der Waals surface area contributed by atoms with Crippen molar-refractivity contribution in [1.29, 1.82) is 0 Å². The minimum atomic E-state index is 0.569. The van der Waals surface area contributed by atoms with Crippen LogP contribution in [0.5, 0.6) is 0 Å². The number of rotatable bonds is 9. The van der Waals surface area contributed by atoms with Crippen molar-refractivity contribution in [2.45, 2.75) is 57.9 Å². The molecule has 0 aromatic carbocycles. The summed E-state index contributed by atoms with van der Waals surface area (Å²) in [4.78, 5) is 0. The summed E-state index contributed by atoms with van der Waals surface area (Å²) in [7, 11) is 0. The van der Waals surface area contributed by atoms with Crippen molar-refractivity contribution in [3.63, 3.8) is 0 Å². The summed E-state index contributed by atoms with van der Waals surface area (Å²) in [5.41, 5.74) is 5.82. The van der Waals surface area contributed by atoms with Crippen molar-refractivity contribution in [3.8, 4) is 0 Å². The first-order valence-corrected chi connectivity index (χ1v) is 7.28. The normalized spacial score (nSPS) is 22.7. The molecule has 3 N–H and O–H groups in total. The third-order valence-corrected chi connectivity index (χ3v) is 4.29. The molecule has 2 aliphatic rings. The molecule has 2 heteroatoms. The van der Waals surface area contributed by atoms with E-state index in [1.54, 1.807) is 0 Å². The Morgan fingerprint density at radius 3 is 2.25 bits per heavy atom. The van der Waals surface area contributed by atoms with Gasteiger partial charge in [0.05, 0.1) is 0 Å². The molecule has 0 heterocycles. The van der Waals surface area contributed by atoms with E-state index in [-0.39, 0.29) is 0 Å². The number of hydrogen-bond acceptors (Lipinski definition) is 2. The fourth-order valence-electron chi connectivity index (χ4n) is 2.82. The van der Waals surface area contributed by atoms with Gasteiger partial charge in [-0.2, -0.15) is 0 Å². The third kappa shape index (κ3) is 3.74. The Morgan fingerprint density at radius 1 is 1.19 bits per heavy atom. The molecule has 2 saturated carbocycles. The number of nitrogens with two attached hydrogens (primary N) is 1. The molecule has 2 aliphatic carbocycles. The predicted octanol–water partition coefficient (Wildman–Crippen LogP) is 2.53. The quantitative estimate of drug-likeness (QED) is 0.631. The zero-order valence-electron chi connectivity index (χ0n) is 10.8. The lowest BCUT2D eigenvalue weighted by molar-refractivity contribution is 0.346. The highest BCUT2D eigenvalue weighted by molar-refractivity contribution is 4.92. The first kappa shape index (κ1) is 12.4. The molecule has 0 radical (unpaired) electrons. The minimum absolute atomic E-state index is 0.569. The van der Waals surface area contributed by atoms with Gasteiger partial charge in [0.2, 0.25) is 0 Å². The van der Waals surface area contributed by atoms with Crippen molar-refractivity contribution in [1.82, 2.24) is 5.32 Å². The van der Waals surface area contributed by atoms with Gasteiger partial charge in [-0.25, -0.2) is 0 Å². The van der Waals surface area contributed by atoms with Gasteiger partial charge in [-0.15, -0.1) is 0 Å². The summed E-state index contributed by atoms with van der Waals surface area (Å²) in [6.45, 7) is 4.30. The maximum atomic E-state index is 5.82. The Morgan fingerprint density at radius 2 is 1.81 bits per heavy atom. The van der Waals surface area contributed by atoms with Crippen LogP contribution in [-0.4, -0.2) is 19.1 Å². The van der Waals surface area contributed by atoms with Crippen LogP contribution < -0.4 is 11.1 Å². The first-order valence-electron chi connectivity index (χ1n) is 7.28. The van der Waals surface area contributed by atoms with E-state index in [4.69, 9.17) is 5.73 Å². The summed E-state index contributed by atoms with van der Waals surface area (Å²) in [5.74, 6) is 3.10. The zero-order valence-corrected chi connectivity index (χ0v) is 10.8. The molecule has 1 unspecified atom stereocenters. The van der Waals surface area contributed by atoms with Crippen LogP contribution in [0, 0.1) is 17.8 Å². The van der Waals surface area contributed by atoms with Gasteiger partial charge >= 0.3 is 0 Å². The lowest BCUT2D eigenvalue weighted by Crippen LogP contribution is -2.39. The highest BCUT2D eigenvalue weighted by Crippen LogP contribution is 2.48. The van der Waals surface area contributed by atoms with Crippen LogP contribution in [0.1, 0.15) is 51.9 Å². The van der Waals surface area contributed by atoms with Crippen LogP contribution in [0.2, 0.25) is 0 Å². The molecular weight excluding hydrogens is 196 g/mol. The average molecular weight is 224 g/mol. The Balaban J connectivity index is 1.66. The molecule has 2 rings (SSSR count). The smallest absolute Gasteiger partial charge is 0.0190 e. The van der Waals surface area contributed by atoms with Crippen molar-refractivity contribution in [2.75, 3.05) is 13.1 Å². The van der Waals surface area contributed by atoms with E-state index in [1.807, 2.05) is 0 Å². The van der Waals surface area contributed by atoms with E-state index in [2.05, 4.69) is 12.2 Å². The van der Waals surface area contributed by atoms with Crippen LogP contribution in [0.15, 0.2) is 0 Å². The third-order valence-electron chi connectivity index (χ3n) is 4.29. The number of hydrogen-bond donors (Lipinski definition) is 2. The van der Waals surface area contributed by atoms with Gasteiger partial charge in [-0.1, -0.05) is 19.8 Å². The van der Waals surface area contributed by atoms with Crippen LogP contribution >= 0.6 is 0 Å². The van der Waals surface area contributed by atoms with Crippen molar-refractivity contribution in [3.05, 3.63) is 0 Å². The van der Waals surface area contributed by atoms with Gasteiger partial charge in [0.1, 0.15) is 0 Å². The maximum Gasteiger partial charge on any atom is 0.0190 e. The Kier molecular flexibility index (Phi) is 4.66. The van der Waals surface area contributed by atoms with E-state index in [9.17, 15) is 0 Å². The van der Waals surface area contributed by atoms with Gasteiger partial charge in [-0.3, -0.25) is 0 Å². The molecule has 94 valence electrons. The van der Waals surface area contributed by atoms with Gasteiger partial charge in [-0.05, 0) is 56.4 Å². The molecule has 0 aromatic rings. The zero-order chi connectivity index (χ0) is 11.4. The van der Waals surface area contributed by atoms with E-state index in [0.29, 0.717) is 6.04 Å². The van der Waals surface area contributed by atoms with Crippen LogP contribution in [0.4, 0.5) is 0 Å². The molecule has 1 atom stereocenters. The number of unbranched alkanes of at least 4 members (excludes halogenated alkanes) is 1. The summed E-state index contributed by atoms with van der Waals surface area (Å²) in [6.07, 6.45) is 9.82. The second kappa shape index (κ2) is 6.02. The number of nitrogens with one attached hydrogen (secondary N) is 1. The maximum absolute atomic E-state index is 5.82. The van der Waals surface area contributed by atoms with Crippen molar-refractivity contribution < 1.29 is 0 Å². The molecule has 0 amide bonds. The van der Waals surface area contributed by atoms with Crippen LogP contribution in [0.3, 0.4) is 0 Å². The SMILES string of the molecule is CCCCC(CN)NCC(C1CC1)C1CC1. The molecular formula is C14H28N2. The Bertz CT molecular complexity index is 185. The van der Waals surface area contributed by atoms with Gasteiger partial charge in [0, 0.05) is 12.6 Å². The molecule has 2 fully saturated rings. The molecule has 0 spiro atoms. The first-order chi connectivity index (χ1) is 7.85. The van der Waals surface area contributed by atoms with Gasteiger partial charge in [0.25, 0.3) is 0 Å². The monoisotopic (exact) mass is 224 g/mol. The molecule has 0 bridgehead atoms. The fraction of sp³-hybridized carbons (Fsp3) is 1.00. The second-order valence-corrected chi connectivity index (χ2v) is 5.82. The van der Waals surface area contributed by atoms with Crippen LogP contribution in [-0.2, 0) is 0 Å². The van der Waals surface area contributed by atoms with Gasteiger partial charge in [0.15, 0.2) is 0 Å². The topological polar surface area (TPSA) is 38.0 Å². The van der Waals surface area contributed by atoms with Crippen molar-refractivity contribution >= 4 is 0 Å². The largest absolute Gasteiger partial charge is 0.329 e. The summed E-state index contributed by atoms with van der Waals surface area (Å²) < 4.78 is 0. The standard InChI is InChI=1S/C14H28N2/c1-2-3-4-13(9-15)16-10-14(11-5-6-11)12-7-8-12/h11-14,16H,2-10,15H2,1H3. The van der Waals surface area contributed by atoms with E-state index >= 15 is 0 Å². The van der Waals surface area contributed by atoms with E-state index < -0.39 is 0 Å². The summed E-state index contributed by atoms with van der Waals surface area (Å²) in [6, 6.07) is 0.569. The Labute approximate surface area is 100 Å². The molecule has 2 nitrogen and oxygen atoms in total. The van der Waals surface area contributed by atoms with E-state index in [1.165, 1.54) is 51.5 Å².